The number of carbonyl (C=O) groups excluding carboxylic acids is 3. The molecule has 0 spiro atoms. The zero-order chi connectivity index (χ0) is 9.73. The van der Waals surface area contributed by atoms with Gasteiger partial charge in [0.15, 0.2) is 5.41 Å². The Morgan fingerprint density at radius 1 is 0.846 bits per heavy atom. The Morgan fingerprint density at radius 2 is 1.31 bits per heavy atom. The fourth-order valence-electron chi connectivity index (χ4n) is 1.01. The second-order valence-electron chi connectivity index (χ2n) is 2.65. The third kappa shape index (κ3) is 1.54. The Labute approximate surface area is 75.4 Å². The minimum absolute atomic E-state index is 0.350. The van der Waals surface area contributed by atoms with E-state index in [-0.39, 0.29) is 0 Å². The van der Waals surface area contributed by atoms with Gasteiger partial charge in [0.25, 0.3) is 0 Å². The minimum atomic E-state index is -1.62. The average molecular weight is 176 g/mol. The van der Waals surface area contributed by atoms with Crippen molar-refractivity contribution in [2.45, 2.75) is 5.41 Å². The highest BCUT2D eigenvalue weighted by molar-refractivity contribution is 6.09. The molecule has 0 heterocycles. The third-order valence-corrected chi connectivity index (χ3v) is 1.86. The van der Waals surface area contributed by atoms with Crippen LogP contribution in [0.4, 0.5) is 0 Å². The van der Waals surface area contributed by atoms with Crippen LogP contribution >= 0.6 is 0 Å². The second kappa shape index (κ2) is 3.76. The first-order valence-corrected chi connectivity index (χ1v) is 3.73. The van der Waals surface area contributed by atoms with Gasteiger partial charge in [-0.2, -0.15) is 0 Å². The molecule has 0 fully saturated rings. The lowest BCUT2D eigenvalue weighted by Gasteiger charge is -2.13. The maximum absolute atomic E-state index is 10.6. The normalized spacial score (nSPS) is 10.5. The van der Waals surface area contributed by atoms with Crippen molar-refractivity contribution in [1.29, 1.82) is 0 Å². The summed E-state index contributed by atoms with van der Waals surface area (Å²) < 4.78 is 0. The summed E-state index contributed by atoms with van der Waals surface area (Å²) in [6.45, 7) is 0. The maximum Gasteiger partial charge on any atom is 0.161 e. The van der Waals surface area contributed by atoms with Crippen molar-refractivity contribution in [3.05, 3.63) is 35.9 Å². The molecule has 1 aromatic rings. The van der Waals surface area contributed by atoms with Gasteiger partial charge in [-0.15, -0.1) is 0 Å². The molecule has 0 aliphatic rings. The van der Waals surface area contributed by atoms with Crippen LogP contribution in [-0.2, 0) is 19.8 Å². The van der Waals surface area contributed by atoms with Crippen molar-refractivity contribution in [2.24, 2.45) is 0 Å². The Morgan fingerprint density at radius 3 is 1.69 bits per heavy atom. The zero-order valence-electron chi connectivity index (χ0n) is 6.84. The monoisotopic (exact) mass is 176 g/mol. The molecule has 3 nitrogen and oxygen atoms in total. The molecule has 0 radical (unpaired) electrons. The highest BCUT2D eigenvalue weighted by atomic mass is 16.2. The molecular formula is C10H8O3. The molecule has 13 heavy (non-hydrogen) atoms. The molecule has 0 N–H and O–H groups in total. The van der Waals surface area contributed by atoms with Gasteiger partial charge in [-0.1, -0.05) is 30.3 Å². The van der Waals surface area contributed by atoms with Gasteiger partial charge in [0, 0.05) is 0 Å². The van der Waals surface area contributed by atoms with Crippen LogP contribution in [0.3, 0.4) is 0 Å². The number of hydrogen-bond acceptors (Lipinski definition) is 3. The summed E-state index contributed by atoms with van der Waals surface area (Å²) in [6, 6.07) is 8.21. The van der Waals surface area contributed by atoms with Gasteiger partial charge in [0.2, 0.25) is 0 Å². The fraction of sp³-hybridized carbons (Fsp3) is 0.100. The molecule has 0 aliphatic heterocycles. The largest absolute Gasteiger partial charge is 0.301 e. The Hall–Kier alpha value is -1.77. The quantitative estimate of drug-likeness (QED) is 0.496. The summed E-state index contributed by atoms with van der Waals surface area (Å²) in [5, 5.41) is 0. The predicted molar refractivity (Wildman–Crippen MR) is 46.3 cm³/mol. The lowest BCUT2D eigenvalue weighted by Crippen LogP contribution is -2.31. The number of carbonyl (C=O) groups is 3. The highest BCUT2D eigenvalue weighted by Gasteiger charge is 2.30. The molecule has 0 amide bonds. The van der Waals surface area contributed by atoms with Gasteiger partial charge in [0.05, 0.1) is 0 Å². The van der Waals surface area contributed by atoms with E-state index in [9.17, 15) is 14.4 Å². The van der Waals surface area contributed by atoms with Crippen LogP contribution in [0, 0.1) is 0 Å². The van der Waals surface area contributed by atoms with Crippen molar-refractivity contribution >= 4 is 18.9 Å². The summed E-state index contributed by atoms with van der Waals surface area (Å²) in [7, 11) is 0. The molecular weight excluding hydrogens is 168 g/mol. The Bertz CT molecular complexity index is 294. The molecule has 0 unspecified atom stereocenters. The van der Waals surface area contributed by atoms with E-state index >= 15 is 0 Å². The first-order chi connectivity index (χ1) is 6.29. The van der Waals surface area contributed by atoms with Crippen molar-refractivity contribution in [2.75, 3.05) is 0 Å². The maximum atomic E-state index is 10.6. The molecule has 1 aromatic carbocycles. The molecule has 0 atom stereocenters. The van der Waals surface area contributed by atoms with Gasteiger partial charge >= 0.3 is 0 Å². The standard InChI is InChI=1S/C10H8O3/c11-6-10(7-12,8-13)9-4-2-1-3-5-9/h1-8H. The molecule has 0 saturated heterocycles. The number of hydrogen-bond donors (Lipinski definition) is 0. The number of rotatable bonds is 4. The van der Waals surface area contributed by atoms with Crippen molar-refractivity contribution < 1.29 is 14.4 Å². The van der Waals surface area contributed by atoms with Crippen LogP contribution in [0.25, 0.3) is 0 Å². The lowest BCUT2D eigenvalue weighted by atomic mass is 9.85. The van der Waals surface area contributed by atoms with Crippen LogP contribution in [0.1, 0.15) is 5.56 Å². The predicted octanol–water partition coefficient (Wildman–Crippen LogP) is 0.521. The summed E-state index contributed by atoms with van der Waals surface area (Å²) in [5.41, 5.74) is -1.23. The van der Waals surface area contributed by atoms with Crippen molar-refractivity contribution in [3.63, 3.8) is 0 Å². The van der Waals surface area contributed by atoms with E-state index in [1.165, 1.54) is 0 Å². The average Bonchev–Trinajstić information content (AvgIpc) is 2.23. The van der Waals surface area contributed by atoms with Crippen LogP contribution < -0.4 is 0 Å². The summed E-state index contributed by atoms with van der Waals surface area (Å²) in [4.78, 5) is 31.9. The number of aldehydes is 3. The van der Waals surface area contributed by atoms with E-state index in [1.54, 1.807) is 30.3 Å². The molecule has 66 valence electrons. The lowest BCUT2D eigenvalue weighted by molar-refractivity contribution is -0.127. The van der Waals surface area contributed by atoms with E-state index in [0.717, 1.165) is 0 Å². The Kier molecular flexibility index (Phi) is 2.69. The van der Waals surface area contributed by atoms with E-state index in [0.29, 0.717) is 24.4 Å². The minimum Gasteiger partial charge on any atom is -0.301 e. The topological polar surface area (TPSA) is 51.2 Å². The van der Waals surface area contributed by atoms with E-state index in [2.05, 4.69) is 0 Å². The summed E-state index contributed by atoms with van der Waals surface area (Å²) in [5.74, 6) is 0. The molecule has 0 saturated carbocycles. The molecule has 1 rings (SSSR count). The van der Waals surface area contributed by atoms with Gasteiger partial charge in [-0.05, 0) is 5.56 Å². The Balaban J connectivity index is 3.23. The molecule has 0 aliphatic carbocycles. The van der Waals surface area contributed by atoms with Crippen molar-refractivity contribution in [3.8, 4) is 0 Å². The number of benzene rings is 1. The van der Waals surface area contributed by atoms with Crippen LogP contribution in [0.15, 0.2) is 30.3 Å². The van der Waals surface area contributed by atoms with Gasteiger partial charge in [-0.3, -0.25) is 0 Å². The van der Waals surface area contributed by atoms with Crippen LogP contribution in [0.2, 0.25) is 0 Å². The van der Waals surface area contributed by atoms with E-state index in [1.807, 2.05) is 0 Å². The highest BCUT2D eigenvalue weighted by Crippen LogP contribution is 2.16. The van der Waals surface area contributed by atoms with E-state index < -0.39 is 5.41 Å². The van der Waals surface area contributed by atoms with Crippen LogP contribution in [0.5, 0.6) is 0 Å². The molecule has 3 heteroatoms. The summed E-state index contributed by atoms with van der Waals surface area (Å²) in [6.07, 6.45) is 1.05. The van der Waals surface area contributed by atoms with E-state index in [4.69, 9.17) is 0 Å². The van der Waals surface area contributed by atoms with Gasteiger partial charge in [-0.25, -0.2) is 0 Å². The van der Waals surface area contributed by atoms with Crippen LogP contribution in [-0.4, -0.2) is 18.9 Å². The first kappa shape index (κ1) is 9.32. The summed E-state index contributed by atoms with van der Waals surface area (Å²) >= 11 is 0. The fourth-order valence-corrected chi connectivity index (χ4v) is 1.01. The zero-order valence-corrected chi connectivity index (χ0v) is 6.84. The molecule has 0 bridgehead atoms. The SMILES string of the molecule is O=CC(C=O)(C=O)c1ccccc1. The molecule has 0 aromatic heterocycles. The van der Waals surface area contributed by atoms with Crippen molar-refractivity contribution in [1.82, 2.24) is 0 Å². The smallest absolute Gasteiger partial charge is 0.161 e. The third-order valence-electron chi connectivity index (χ3n) is 1.86. The first-order valence-electron chi connectivity index (χ1n) is 3.73. The van der Waals surface area contributed by atoms with Gasteiger partial charge in [0.1, 0.15) is 18.9 Å². The van der Waals surface area contributed by atoms with Gasteiger partial charge < -0.3 is 14.4 Å². The second-order valence-corrected chi connectivity index (χ2v) is 2.65.